The lowest BCUT2D eigenvalue weighted by Crippen LogP contribution is -2.23. The molecule has 0 spiro atoms. The number of nitrogens with zero attached hydrogens (tertiary/aromatic N) is 2. The molecule has 0 aliphatic carbocycles. The lowest BCUT2D eigenvalue weighted by atomic mass is 10.1. The number of sulfone groups is 1. The molecule has 2 heterocycles. The van der Waals surface area contributed by atoms with Crippen LogP contribution in [0.3, 0.4) is 0 Å². The molecule has 9 heteroatoms. The molecule has 3 rings (SSSR count). The number of imidazole rings is 1. The first-order valence-electron chi connectivity index (χ1n) is 7.09. The number of hydrogen-bond acceptors (Lipinski definition) is 4. The monoisotopic (exact) mass is 348 g/mol. The van der Waals surface area contributed by atoms with Gasteiger partial charge in [0, 0.05) is 19.3 Å². The van der Waals surface area contributed by atoms with E-state index < -0.39 is 20.2 Å². The first-order chi connectivity index (χ1) is 10.7. The topological polar surface area (TPSA) is 61.2 Å². The van der Waals surface area contributed by atoms with Gasteiger partial charge in [0.05, 0.1) is 15.9 Å². The van der Waals surface area contributed by atoms with Crippen molar-refractivity contribution in [1.82, 2.24) is 9.55 Å². The summed E-state index contributed by atoms with van der Waals surface area (Å²) in [4.78, 5) is 3.45. The Kier molecular flexibility index (Phi) is 3.88. The number of rotatable bonds is 2. The molecule has 1 aliphatic rings. The van der Waals surface area contributed by atoms with E-state index in [1.54, 1.807) is 6.92 Å². The fourth-order valence-corrected chi connectivity index (χ4v) is 3.69. The average Bonchev–Trinajstić information content (AvgIpc) is 2.81. The van der Waals surface area contributed by atoms with E-state index in [-0.39, 0.29) is 11.6 Å². The molecule has 126 valence electrons. The summed E-state index contributed by atoms with van der Waals surface area (Å²) in [5.41, 5.74) is -4.44. The number of hydrogen-bond donors (Lipinski definition) is 0. The first-order valence-corrected chi connectivity index (χ1v) is 8.58. The van der Waals surface area contributed by atoms with E-state index in [0.29, 0.717) is 24.6 Å². The molecule has 1 aromatic carbocycles. The normalized spacial score (nSPS) is 17.7. The summed E-state index contributed by atoms with van der Waals surface area (Å²) in [7, 11) is -5.37. The molecule has 23 heavy (non-hydrogen) atoms. The van der Waals surface area contributed by atoms with Gasteiger partial charge in [0.25, 0.3) is 9.84 Å². The molecule has 0 N–H and O–H groups in total. The van der Waals surface area contributed by atoms with Crippen molar-refractivity contribution in [2.24, 2.45) is 0 Å². The largest absolute Gasteiger partial charge is 0.501 e. The minimum Gasteiger partial charge on any atom is -0.381 e. The Bertz CT molecular complexity index is 837. The van der Waals surface area contributed by atoms with Gasteiger partial charge in [-0.3, -0.25) is 0 Å². The van der Waals surface area contributed by atoms with E-state index in [1.165, 1.54) is 6.07 Å². The van der Waals surface area contributed by atoms with Crippen LogP contribution < -0.4 is 0 Å². The Morgan fingerprint density at radius 1 is 1.26 bits per heavy atom. The highest BCUT2D eigenvalue weighted by molar-refractivity contribution is 7.92. The number of benzene rings is 1. The van der Waals surface area contributed by atoms with Crippen LogP contribution in [0.5, 0.6) is 0 Å². The Hall–Kier alpha value is -1.61. The van der Waals surface area contributed by atoms with Gasteiger partial charge >= 0.3 is 5.51 Å². The zero-order chi connectivity index (χ0) is 16.8. The van der Waals surface area contributed by atoms with E-state index in [0.717, 1.165) is 25.0 Å². The Morgan fingerprint density at radius 2 is 1.91 bits per heavy atom. The summed E-state index contributed by atoms with van der Waals surface area (Å²) in [5, 5.41) is 0. The summed E-state index contributed by atoms with van der Waals surface area (Å²) in [6.07, 6.45) is 1.57. The van der Waals surface area contributed by atoms with Gasteiger partial charge in [-0.25, -0.2) is 13.4 Å². The van der Waals surface area contributed by atoms with Crippen LogP contribution in [0.4, 0.5) is 13.2 Å². The summed E-state index contributed by atoms with van der Waals surface area (Å²) in [6, 6.07) is 3.52. The highest BCUT2D eigenvalue weighted by Crippen LogP contribution is 2.33. The van der Waals surface area contributed by atoms with Gasteiger partial charge < -0.3 is 9.30 Å². The summed E-state index contributed by atoms with van der Waals surface area (Å²) < 4.78 is 68.3. The third-order valence-corrected chi connectivity index (χ3v) is 5.49. The lowest BCUT2D eigenvalue weighted by molar-refractivity contribution is -0.0435. The van der Waals surface area contributed by atoms with E-state index >= 15 is 0 Å². The number of ether oxygens (including phenoxy) is 1. The average molecular weight is 348 g/mol. The van der Waals surface area contributed by atoms with Gasteiger partial charge in [0.1, 0.15) is 5.82 Å². The highest BCUT2D eigenvalue weighted by atomic mass is 32.2. The predicted octanol–water partition coefficient (Wildman–Crippen LogP) is 2.99. The molecule has 0 atom stereocenters. The molecule has 0 saturated carbocycles. The Morgan fingerprint density at radius 3 is 2.52 bits per heavy atom. The molecule has 0 bridgehead atoms. The van der Waals surface area contributed by atoms with Crippen LogP contribution in [-0.2, 0) is 14.6 Å². The van der Waals surface area contributed by atoms with Crippen molar-refractivity contribution in [3.05, 3.63) is 24.0 Å². The number of aromatic nitrogens is 2. The molecule has 0 amide bonds. The maximum absolute atomic E-state index is 12.7. The van der Waals surface area contributed by atoms with Crippen molar-refractivity contribution in [3.8, 4) is 0 Å². The van der Waals surface area contributed by atoms with Crippen molar-refractivity contribution in [2.45, 2.75) is 36.2 Å². The summed E-state index contributed by atoms with van der Waals surface area (Å²) >= 11 is 0. The third-order valence-electron chi connectivity index (χ3n) is 4.01. The maximum Gasteiger partial charge on any atom is 0.501 e. The number of aryl methyl sites for hydroxylation is 1. The summed E-state index contributed by atoms with van der Waals surface area (Å²) in [6.45, 7) is 2.99. The molecule has 5 nitrogen and oxygen atoms in total. The lowest BCUT2D eigenvalue weighted by Gasteiger charge is -2.25. The van der Waals surface area contributed by atoms with E-state index in [2.05, 4.69) is 4.98 Å². The van der Waals surface area contributed by atoms with Crippen LogP contribution in [0.15, 0.2) is 23.1 Å². The molecule has 2 aromatic rings. The van der Waals surface area contributed by atoms with E-state index in [9.17, 15) is 21.6 Å². The molecule has 1 fully saturated rings. The maximum atomic E-state index is 12.7. The van der Waals surface area contributed by atoms with Gasteiger partial charge in [-0.15, -0.1) is 0 Å². The second-order valence-electron chi connectivity index (χ2n) is 5.47. The molecule has 0 radical (unpaired) electrons. The summed E-state index contributed by atoms with van der Waals surface area (Å²) in [5.74, 6) is 0.647. The van der Waals surface area contributed by atoms with Gasteiger partial charge in [-0.1, -0.05) is 0 Å². The van der Waals surface area contributed by atoms with Gasteiger partial charge in [0.2, 0.25) is 0 Å². The van der Waals surface area contributed by atoms with Gasteiger partial charge in [0.15, 0.2) is 0 Å². The molecular weight excluding hydrogens is 333 g/mol. The van der Waals surface area contributed by atoms with Crippen LogP contribution in [0.25, 0.3) is 11.0 Å². The van der Waals surface area contributed by atoms with Crippen molar-refractivity contribution >= 4 is 20.9 Å². The van der Waals surface area contributed by atoms with Crippen LogP contribution in [0, 0.1) is 6.92 Å². The standard InChI is InChI=1S/C14H15F3N2O3S/c1-9-18-12-8-11(23(20,21)14(15,16)17)2-3-13(12)19(9)10-4-6-22-7-5-10/h2-3,8,10H,4-7H2,1H3. The fraction of sp³-hybridized carbons (Fsp3) is 0.500. The predicted molar refractivity (Wildman–Crippen MR) is 76.8 cm³/mol. The van der Waals surface area contributed by atoms with Gasteiger partial charge in [-0.05, 0) is 38.0 Å². The van der Waals surface area contributed by atoms with Crippen LogP contribution in [-0.4, -0.2) is 36.7 Å². The molecule has 1 saturated heterocycles. The van der Waals surface area contributed by atoms with Crippen molar-refractivity contribution in [1.29, 1.82) is 0 Å². The second kappa shape index (κ2) is 5.48. The quantitative estimate of drug-likeness (QED) is 0.837. The number of fused-ring (bicyclic) bond motifs is 1. The SMILES string of the molecule is Cc1nc2cc(S(=O)(=O)C(F)(F)F)ccc2n1C1CCOCC1. The molecular formula is C14H15F3N2O3S. The second-order valence-corrected chi connectivity index (χ2v) is 7.41. The smallest absolute Gasteiger partial charge is 0.381 e. The van der Waals surface area contributed by atoms with Gasteiger partial charge in [-0.2, -0.15) is 13.2 Å². The zero-order valence-electron chi connectivity index (χ0n) is 12.3. The van der Waals surface area contributed by atoms with Crippen LogP contribution in [0.1, 0.15) is 24.7 Å². The van der Waals surface area contributed by atoms with Crippen molar-refractivity contribution in [2.75, 3.05) is 13.2 Å². The Labute approximate surface area is 131 Å². The first kappa shape index (κ1) is 16.3. The minimum atomic E-state index is -5.37. The van der Waals surface area contributed by atoms with Crippen LogP contribution >= 0.6 is 0 Å². The zero-order valence-corrected chi connectivity index (χ0v) is 13.1. The van der Waals surface area contributed by atoms with Crippen molar-refractivity contribution < 1.29 is 26.3 Å². The minimum absolute atomic E-state index is 0.152. The number of halogens is 3. The van der Waals surface area contributed by atoms with Crippen LogP contribution in [0.2, 0.25) is 0 Å². The molecule has 1 aromatic heterocycles. The third kappa shape index (κ3) is 2.72. The Balaban J connectivity index is 2.10. The number of alkyl halides is 3. The highest BCUT2D eigenvalue weighted by Gasteiger charge is 2.47. The molecule has 0 unspecified atom stereocenters. The fourth-order valence-electron chi connectivity index (χ4n) is 2.90. The van der Waals surface area contributed by atoms with E-state index in [4.69, 9.17) is 4.74 Å². The van der Waals surface area contributed by atoms with Crippen molar-refractivity contribution in [3.63, 3.8) is 0 Å². The van der Waals surface area contributed by atoms with E-state index in [1.807, 2.05) is 4.57 Å². The molecule has 1 aliphatic heterocycles.